The maximum atomic E-state index is 11.8. The SMILES string of the molecule is CNCC(C)(C)COC(=O)c1ccc(C)cc1. The predicted molar refractivity (Wildman–Crippen MR) is 69.2 cm³/mol. The van der Waals surface area contributed by atoms with Crippen LogP contribution in [0.5, 0.6) is 0 Å². The molecular weight excluding hydrogens is 214 g/mol. The Morgan fingerprint density at radius 2 is 1.88 bits per heavy atom. The molecule has 0 unspecified atom stereocenters. The molecule has 1 rings (SSSR count). The molecule has 17 heavy (non-hydrogen) atoms. The lowest BCUT2D eigenvalue weighted by Crippen LogP contribution is -2.32. The van der Waals surface area contributed by atoms with Crippen LogP contribution in [0.1, 0.15) is 29.8 Å². The third-order valence-electron chi connectivity index (χ3n) is 2.54. The fraction of sp³-hybridized carbons (Fsp3) is 0.500. The zero-order valence-corrected chi connectivity index (χ0v) is 11.0. The number of carbonyl (C=O) groups excluding carboxylic acids is 1. The molecule has 1 aromatic carbocycles. The molecule has 94 valence electrons. The second-order valence-electron chi connectivity index (χ2n) is 5.14. The molecule has 3 nitrogen and oxygen atoms in total. The van der Waals surface area contributed by atoms with Crippen molar-refractivity contribution in [2.45, 2.75) is 20.8 Å². The van der Waals surface area contributed by atoms with Crippen LogP contribution in [-0.4, -0.2) is 26.2 Å². The summed E-state index contributed by atoms with van der Waals surface area (Å²) in [7, 11) is 1.89. The van der Waals surface area contributed by atoms with Crippen molar-refractivity contribution >= 4 is 5.97 Å². The van der Waals surface area contributed by atoms with Gasteiger partial charge in [0.15, 0.2) is 0 Å². The summed E-state index contributed by atoms with van der Waals surface area (Å²) in [6.45, 7) is 7.34. The van der Waals surface area contributed by atoms with E-state index in [1.54, 1.807) is 12.1 Å². The van der Waals surface area contributed by atoms with Gasteiger partial charge < -0.3 is 10.1 Å². The Hall–Kier alpha value is -1.35. The lowest BCUT2D eigenvalue weighted by Gasteiger charge is -2.23. The van der Waals surface area contributed by atoms with Crippen LogP contribution in [0, 0.1) is 12.3 Å². The summed E-state index contributed by atoms with van der Waals surface area (Å²) >= 11 is 0. The standard InChI is InChI=1S/C14H21NO2/c1-11-5-7-12(8-6-11)13(16)17-10-14(2,3)9-15-4/h5-8,15H,9-10H2,1-4H3. The highest BCUT2D eigenvalue weighted by Crippen LogP contribution is 2.15. The van der Waals surface area contributed by atoms with Gasteiger partial charge >= 0.3 is 5.97 Å². The van der Waals surface area contributed by atoms with E-state index in [9.17, 15) is 4.79 Å². The number of esters is 1. The molecule has 0 aliphatic carbocycles. The summed E-state index contributed by atoms with van der Waals surface area (Å²) in [6, 6.07) is 7.41. The van der Waals surface area contributed by atoms with Crippen molar-refractivity contribution in [2.24, 2.45) is 5.41 Å². The van der Waals surface area contributed by atoms with Crippen molar-refractivity contribution in [2.75, 3.05) is 20.2 Å². The molecule has 1 N–H and O–H groups in total. The molecule has 0 saturated carbocycles. The molecule has 3 heteroatoms. The number of aryl methyl sites for hydroxylation is 1. The van der Waals surface area contributed by atoms with Gasteiger partial charge in [0.25, 0.3) is 0 Å². The molecule has 1 aromatic rings. The summed E-state index contributed by atoms with van der Waals surface area (Å²) in [5, 5.41) is 3.09. The maximum absolute atomic E-state index is 11.8. The van der Waals surface area contributed by atoms with Crippen molar-refractivity contribution < 1.29 is 9.53 Å². The van der Waals surface area contributed by atoms with Gasteiger partial charge in [-0.3, -0.25) is 0 Å². The van der Waals surface area contributed by atoms with Gasteiger partial charge in [0, 0.05) is 12.0 Å². The minimum atomic E-state index is -0.255. The van der Waals surface area contributed by atoms with Gasteiger partial charge in [-0.05, 0) is 26.1 Å². The monoisotopic (exact) mass is 235 g/mol. The van der Waals surface area contributed by atoms with Crippen LogP contribution < -0.4 is 5.32 Å². The lowest BCUT2D eigenvalue weighted by molar-refractivity contribution is 0.0344. The van der Waals surface area contributed by atoms with Crippen molar-refractivity contribution in [3.05, 3.63) is 35.4 Å². The molecule has 0 fully saturated rings. The van der Waals surface area contributed by atoms with Gasteiger partial charge in [0.05, 0.1) is 12.2 Å². The van der Waals surface area contributed by atoms with Crippen LogP contribution in [0.4, 0.5) is 0 Å². The molecule has 0 radical (unpaired) electrons. The molecule has 0 aliphatic rings. The van der Waals surface area contributed by atoms with E-state index in [2.05, 4.69) is 19.2 Å². The highest BCUT2D eigenvalue weighted by Gasteiger charge is 2.19. The van der Waals surface area contributed by atoms with Gasteiger partial charge in [0.1, 0.15) is 0 Å². The third-order valence-corrected chi connectivity index (χ3v) is 2.54. The number of hydrogen-bond donors (Lipinski definition) is 1. The topological polar surface area (TPSA) is 38.3 Å². The van der Waals surface area contributed by atoms with E-state index in [0.29, 0.717) is 12.2 Å². The number of hydrogen-bond acceptors (Lipinski definition) is 3. The number of nitrogens with one attached hydrogen (secondary N) is 1. The van der Waals surface area contributed by atoms with Gasteiger partial charge in [-0.25, -0.2) is 4.79 Å². The van der Waals surface area contributed by atoms with Gasteiger partial charge in [0.2, 0.25) is 0 Å². The summed E-state index contributed by atoms with van der Waals surface area (Å²) in [6.07, 6.45) is 0. The van der Waals surface area contributed by atoms with Crippen LogP contribution in [0.3, 0.4) is 0 Å². The third kappa shape index (κ3) is 4.57. The van der Waals surface area contributed by atoms with E-state index in [0.717, 1.165) is 12.1 Å². The Labute approximate surface area is 103 Å². The highest BCUT2D eigenvalue weighted by molar-refractivity contribution is 5.89. The first kappa shape index (κ1) is 13.7. The molecule has 0 atom stereocenters. The van der Waals surface area contributed by atoms with Crippen molar-refractivity contribution in [3.63, 3.8) is 0 Å². The highest BCUT2D eigenvalue weighted by atomic mass is 16.5. The van der Waals surface area contributed by atoms with Gasteiger partial charge in [-0.15, -0.1) is 0 Å². The van der Waals surface area contributed by atoms with E-state index < -0.39 is 0 Å². The Kier molecular flexibility index (Phi) is 4.70. The van der Waals surface area contributed by atoms with E-state index >= 15 is 0 Å². The first-order valence-corrected chi connectivity index (χ1v) is 5.83. The first-order chi connectivity index (χ1) is 7.94. The second kappa shape index (κ2) is 5.82. The molecular formula is C14H21NO2. The lowest BCUT2D eigenvalue weighted by atomic mass is 9.95. The smallest absolute Gasteiger partial charge is 0.338 e. The Balaban J connectivity index is 2.53. The van der Waals surface area contributed by atoms with E-state index in [1.807, 2.05) is 26.1 Å². The van der Waals surface area contributed by atoms with E-state index in [4.69, 9.17) is 4.74 Å². The maximum Gasteiger partial charge on any atom is 0.338 e. The summed E-state index contributed by atoms with van der Waals surface area (Å²) in [5.41, 5.74) is 1.70. The van der Waals surface area contributed by atoms with Crippen LogP contribution >= 0.6 is 0 Å². The van der Waals surface area contributed by atoms with Crippen LogP contribution in [0.25, 0.3) is 0 Å². The van der Waals surface area contributed by atoms with Crippen LogP contribution in [-0.2, 0) is 4.74 Å². The zero-order chi connectivity index (χ0) is 12.9. The Bertz CT molecular complexity index is 368. The number of benzene rings is 1. The van der Waals surface area contributed by atoms with E-state index in [1.165, 1.54) is 0 Å². The molecule has 0 heterocycles. The van der Waals surface area contributed by atoms with Gasteiger partial charge in [-0.1, -0.05) is 31.5 Å². The molecule has 0 aliphatic heterocycles. The Morgan fingerprint density at radius 3 is 2.41 bits per heavy atom. The first-order valence-electron chi connectivity index (χ1n) is 5.83. The largest absolute Gasteiger partial charge is 0.461 e. The summed E-state index contributed by atoms with van der Waals surface area (Å²) in [4.78, 5) is 11.8. The Morgan fingerprint density at radius 1 is 1.29 bits per heavy atom. The average Bonchev–Trinajstić information content (AvgIpc) is 2.27. The molecule has 0 spiro atoms. The minimum Gasteiger partial charge on any atom is -0.461 e. The molecule has 0 aromatic heterocycles. The fourth-order valence-corrected chi connectivity index (χ4v) is 1.56. The van der Waals surface area contributed by atoms with Gasteiger partial charge in [-0.2, -0.15) is 0 Å². The quantitative estimate of drug-likeness (QED) is 0.796. The number of ether oxygens (including phenoxy) is 1. The minimum absolute atomic E-state index is 0.0465. The van der Waals surface area contributed by atoms with Crippen molar-refractivity contribution in [1.29, 1.82) is 0 Å². The van der Waals surface area contributed by atoms with Crippen molar-refractivity contribution in [3.8, 4) is 0 Å². The average molecular weight is 235 g/mol. The van der Waals surface area contributed by atoms with Crippen molar-refractivity contribution in [1.82, 2.24) is 5.32 Å². The van der Waals surface area contributed by atoms with E-state index in [-0.39, 0.29) is 11.4 Å². The fourth-order valence-electron chi connectivity index (χ4n) is 1.56. The normalized spacial score (nSPS) is 11.3. The van der Waals surface area contributed by atoms with Crippen LogP contribution in [0.15, 0.2) is 24.3 Å². The molecule has 0 amide bonds. The molecule has 0 bridgehead atoms. The summed E-state index contributed by atoms with van der Waals surface area (Å²) in [5.74, 6) is -0.255. The second-order valence-corrected chi connectivity index (χ2v) is 5.14. The number of carbonyl (C=O) groups is 1. The molecule has 0 saturated heterocycles. The predicted octanol–water partition coefficient (Wildman–Crippen LogP) is 2.40. The number of rotatable bonds is 5. The zero-order valence-electron chi connectivity index (χ0n) is 11.0. The van der Waals surface area contributed by atoms with Crippen LogP contribution in [0.2, 0.25) is 0 Å². The summed E-state index contributed by atoms with van der Waals surface area (Å²) < 4.78 is 5.31.